The number of hydrogen-bond acceptors (Lipinski definition) is 2. The molecule has 0 saturated carbocycles. The number of nitrogens with zero attached hydrogens (tertiary/aromatic N) is 1. The molecule has 2 nitrogen and oxygen atoms in total. The molecule has 2 rings (SSSR count). The van der Waals surface area contributed by atoms with Crippen LogP contribution in [-0.2, 0) is 6.42 Å². The zero-order chi connectivity index (χ0) is 11.0. The summed E-state index contributed by atoms with van der Waals surface area (Å²) < 4.78 is 5.59. The van der Waals surface area contributed by atoms with Gasteiger partial charge in [-0.3, -0.25) is 0 Å². The topological polar surface area (TPSA) is 26.0 Å². The Morgan fingerprint density at radius 3 is 2.73 bits per heavy atom. The first-order chi connectivity index (χ1) is 7.11. The van der Waals surface area contributed by atoms with Gasteiger partial charge in [0, 0.05) is 17.5 Å². The fourth-order valence-corrected chi connectivity index (χ4v) is 1.87. The summed E-state index contributed by atoms with van der Waals surface area (Å²) in [5, 5.41) is 0.713. The number of hydrogen-bond donors (Lipinski definition) is 0. The molecule has 1 heterocycles. The Morgan fingerprint density at radius 1 is 1.40 bits per heavy atom. The third-order valence-electron chi connectivity index (χ3n) is 2.46. The van der Waals surface area contributed by atoms with Crippen molar-refractivity contribution in [2.45, 2.75) is 33.1 Å². The summed E-state index contributed by atoms with van der Waals surface area (Å²) in [4.78, 5) is 4.47. The lowest BCUT2D eigenvalue weighted by atomic mass is 10.0. The van der Waals surface area contributed by atoms with Crippen LogP contribution >= 0.6 is 11.6 Å². The highest BCUT2D eigenvalue weighted by Gasteiger charge is 2.12. The van der Waals surface area contributed by atoms with E-state index in [0.29, 0.717) is 10.9 Å². The average Bonchev–Trinajstić information content (AvgIpc) is 2.58. The van der Waals surface area contributed by atoms with Gasteiger partial charge >= 0.3 is 0 Å². The molecule has 15 heavy (non-hydrogen) atoms. The predicted octanol–water partition coefficient (Wildman–Crippen LogP) is 4.17. The van der Waals surface area contributed by atoms with E-state index in [9.17, 15) is 0 Å². The minimum Gasteiger partial charge on any atom is -0.441 e. The van der Waals surface area contributed by atoms with Crippen molar-refractivity contribution in [2.24, 2.45) is 0 Å². The SMILES string of the molecule is CCc1nc2c(C(C)C)cc(Cl)cc2o1. The Kier molecular flexibility index (Phi) is 2.70. The Labute approximate surface area is 94.3 Å². The van der Waals surface area contributed by atoms with Crippen LogP contribution in [0.25, 0.3) is 11.1 Å². The highest BCUT2D eigenvalue weighted by Crippen LogP contribution is 2.29. The molecule has 0 N–H and O–H groups in total. The molecule has 0 radical (unpaired) electrons. The molecule has 0 saturated heterocycles. The van der Waals surface area contributed by atoms with Gasteiger partial charge in [0.2, 0.25) is 0 Å². The number of fused-ring (bicyclic) bond motifs is 1. The largest absolute Gasteiger partial charge is 0.441 e. The quantitative estimate of drug-likeness (QED) is 0.764. The van der Waals surface area contributed by atoms with Crippen molar-refractivity contribution in [3.05, 3.63) is 28.6 Å². The van der Waals surface area contributed by atoms with Gasteiger partial charge in [-0.25, -0.2) is 4.98 Å². The molecule has 0 amide bonds. The van der Waals surface area contributed by atoms with Gasteiger partial charge in [0.15, 0.2) is 11.5 Å². The van der Waals surface area contributed by atoms with Gasteiger partial charge in [0.1, 0.15) is 5.52 Å². The lowest BCUT2D eigenvalue weighted by molar-refractivity contribution is 0.538. The van der Waals surface area contributed by atoms with E-state index in [0.717, 1.165) is 29.0 Å². The van der Waals surface area contributed by atoms with Crippen LogP contribution in [0.1, 0.15) is 38.1 Å². The number of rotatable bonds is 2. The van der Waals surface area contributed by atoms with Crippen LogP contribution < -0.4 is 0 Å². The van der Waals surface area contributed by atoms with E-state index in [2.05, 4.69) is 18.8 Å². The number of aromatic nitrogens is 1. The van der Waals surface area contributed by atoms with Crippen LogP contribution in [0.2, 0.25) is 5.02 Å². The molecular weight excluding hydrogens is 210 g/mol. The molecule has 0 unspecified atom stereocenters. The van der Waals surface area contributed by atoms with Crippen molar-refractivity contribution in [2.75, 3.05) is 0 Å². The van der Waals surface area contributed by atoms with E-state index in [1.54, 1.807) is 0 Å². The summed E-state index contributed by atoms with van der Waals surface area (Å²) in [6.45, 7) is 6.29. The van der Waals surface area contributed by atoms with Gasteiger partial charge < -0.3 is 4.42 Å². The number of halogens is 1. The summed E-state index contributed by atoms with van der Waals surface area (Å²) in [7, 11) is 0. The minimum atomic E-state index is 0.404. The first-order valence-electron chi connectivity index (χ1n) is 5.20. The highest BCUT2D eigenvalue weighted by atomic mass is 35.5. The molecule has 2 aromatic rings. The summed E-state index contributed by atoms with van der Waals surface area (Å²) in [6.07, 6.45) is 0.809. The van der Waals surface area contributed by atoms with Gasteiger partial charge in [-0.15, -0.1) is 0 Å². The number of benzene rings is 1. The van der Waals surface area contributed by atoms with Gasteiger partial charge in [0.25, 0.3) is 0 Å². The summed E-state index contributed by atoms with van der Waals surface area (Å²) in [6, 6.07) is 3.80. The zero-order valence-electron chi connectivity index (χ0n) is 9.17. The molecule has 80 valence electrons. The third kappa shape index (κ3) is 1.86. The highest BCUT2D eigenvalue weighted by molar-refractivity contribution is 6.31. The van der Waals surface area contributed by atoms with Crippen molar-refractivity contribution in [3.63, 3.8) is 0 Å². The standard InChI is InChI=1S/C12H14ClNO/c1-4-11-14-12-9(7(2)3)5-8(13)6-10(12)15-11/h5-7H,4H2,1-3H3. The first kappa shape index (κ1) is 10.5. The summed E-state index contributed by atoms with van der Waals surface area (Å²) >= 11 is 6.03. The molecule has 0 spiro atoms. The van der Waals surface area contributed by atoms with Crippen molar-refractivity contribution in [1.82, 2.24) is 4.98 Å². The van der Waals surface area contributed by atoms with Gasteiger partial charge in [-0.2, -0.15) is 0 Å². The van der Waals surface area contributed by atoms with E-state index < -0.39 is 0 Å². The molecule has 0 fully saturated rings. The predicted molar refractivity (Wildman–Crippen MR) is 62.5 cm³/mol. The zero-order valence-corrected chi connectivity index (χ0v) is 9.93. The van der Waals surface area contributed by atoms with Crippen molar-refractivity contribution in [1.29, 1.82) is 0 Å². The second-order valence-corrected chi connectivity index (χ2v) is 4.39. The van der Waals surface area contributed by atoms with Crippen molar-refractivity contribution >= 4 is 22.7 Å². The molecule has 0 bridgehead atoms. The lowest BCUT2D eigenvalue weighted by Gasteiger charge is -2.05. The molecule has 0 aliphatic heterocycles. The smallest absolute Gasteiger partial charge is 0.195 e. The Bertz CT molecular complexity index is 488. The summed E-state index contributed by atoms with van der Waals surface area (Å²) in [5.41, 5.74) is 2.90. The lowest BCUT2D eigenvalue weighted by Crippen LogP contribution is -1.89. The van der Waals surface area contributed by atoms with Crippen molar-refractivity contribution < 1.29 is 4.42 Å². The third-order valence-corrected chi connectivity index (χ3v) is 2.68. The van der Waals surface area contributed by atoms with E-state index >= 15 is 0 Å². The molecule has 0 aliphatic rings. The van der Waals surface area contributed by atoms with Gasteiger partial charge in [-0.1, -0.05) is 32.4 Å². The molecule has 0 aliphatic carbocycles. The van der Waals surface area contributed by atoms with Gasteiger partial charge in [-0.05, 0) is 17.5 Å². The molecular formula is C12H14ClNO. The van der Waals surface area contributed by atoms with Crippen LogP contribution in [0.15, 0.2) is 16.5 Å². The van der Waals surface area contributed by atoms with E-state index in [-0.39, 0.29) is 0 Å². The second kappa shape index (κ2) is 3.86. The average molecular weight is 224 g/mol. The fraction of sp³-hybridized carbons (Fsp3) is 0.417. The maximum absolute atomic E-state index is 6.03. The maximum Gasteiger partial charge on any atom is 0.195 e. The monoisotopic (exact) mass is 223 g/mol. The molecule has 1 aromatic carbocycles. The van der Waals surface area contributed by atoms with E-state index in [1.165, 1.54) is 0 Å². The Hall–Kier alpha value is -1.02. The maximum atomic E-state index is 6.03. The van der Waals surface area contributed by atoms with E-state index in [4.69, 9.17) is 16.0 Å². The second-order valence-electron chi connectivity index (χ2n) is 3.96. The molecule has 1 aromatic heterocycles. The van der Waals surface area contributed by atoms with Crippen LogP contribution in [0.4, 0.5) is 0 Å². The van der Waals surface area contributed by atoms with E-state index in [1.807, 2.05) is 19.1 Å². The normalized spacial score (nSPS) is 11.5. The van der Waals surface area contributed by atoms with Crippen LogP contribution in [0, 0.1) is 0 Å². The first-order valence-corrected chi connectivity index (χ1v) is 5.58. The molecule has 0 atom stereocenters. The molecule has 3 heteroatoms. The summed E-state index contributed by atoms with van der Waals surface area (Å²) in [5.74, 6) is 1.18. The van der Waals surface area contributed by atoms with Crippen LogP contribution in [0.3, 0.4) is 0 Å². The van der Waals surface area contributed by atoms with Crippen LogP contribution in [-0.4, -0.2) is 4.98 Å². The minimum absolute atomic E-state index is 0.404. The number of aryl methyl sites for hydroxylation is 1. The number of oxazole rings is 1. The van der Waals surface area contributed by atoms with Gasteiger partial charge in [0.05, 0.1) is 0 Å². The van der Waals surface area contributed by atoms with Crippen LogP contribution in [0.5, 0.6) is 0 Å². The Morgan fingerprint density at radius 2 is 2.13 bits per heavy atom. The Balaban J connectivity index is 2.72. The fourth-order valence-electron chi connectivity index (χ4n) is 1.66. The van der Waals surface area contributed by atoms with Crippen molar-refractivity contribution in [3.8, 4) is 0 Å².